The summed E-state index contributed by atoms with van der Waals surface area (Å²) in [5.41, 5.74) is -0.895. The molecule has 6 heteroatoms. The molecule has 1 rings (SSSR count). The van der Waals surface area contributed by atoms with Gasteiger partial charge in [0.05, 0.1) is 18.8 Å². The maximum atomic E-state index is 10.6. The number of aliphatic hydroxyl groups excluding tert-OH is 2. The van der Waals surface area contributed by atoms with E-state index in [1.807, 2.05) is 0 Å². The largest absolute Gasteiger partial charge is 0.475 e. The minimum absolute atomic E-state index is 0.191. The number of carbonyl (C=O) groups is 1. The van der Waals surface area contributed by atoms with E-state index in [0.717, 1.165) is 0 Å². The first-order valence-electron chi connectivity index (χ1n) is 4.90. The molecule has 4 N–H and O–H groups in total. The quantitative estimate of drug-likeness (QED) is 0.567. The molecule has 0 unspecified atom stereocenters. The van der Waals surface area contributed by atoms with Crippen molar-refractivity contribution in [2.45, 2.75) is 18.9 Å². The van der Waals surface area contributed by atoms with Gasteiger partial charge >= 0.3 is 5.97 Å². The van der Waals surface area contributed by atoms with Crippen LogP contribution in [-0.4, -0.2) is 40.0 Å². The van der Waals surface area contributed by atoms with Crippen molar-refractivity contribution in [3.05, 3.63) is 17.9 Å². The van der Waals surface area contributed by atoms with Crippen LogP contribution in [0.1, 0.15) is 23.9 Å². The summed E-state index contributed by atoms with van der Waals surface area (Å²) in [4.78, 5) is 10.6. The summed E-state index contributed by atoms with van der Waals surface area (Å²) in [7, 11) is 0. The van der Waals surface area contributed by atoms with Crippen LogP contribution in [-0.2, 0) is 0 Å². The fourth-order valence-electron chi connectivity index (χ4n) is 1.22. The summed E-state index contributed by atoms with van der Waals surface area (Å²) in [6, 6.07) is 2.75. The summed E-state index contributed by atoms with van der Waals surface area (Å²) in [6.45, 7) is 1.24. The first-order valence-corrected chi connectivity index (χ1v) is 4.90. The maximum absolute atomic E-state index is 10.6. The molecule has 1 aromatic rings. The number of anilines is 1. The van der Waals surface area contributed by atoms with Crippen LogP contribution in [0.25, 0.3) is 0 Å². The van der Waals surface area contributed by atoms with Gasteiger partial charge in [-0.25, -0.2) is 4.79 Å². The number of hydrogen-bond donors (Lipinski definition) is 4. The Labute approximate surface area is 92.5 Å². The number of furan rings is 1. The molecule has 0 amide bonds. The molecule has 0 bridgehead atoms. The van der Waals surface area contributed by atoms with Crippen molar-refractivity contribution in [1.82, 2.24) is 0 Å². The van der Waals surface area contributed by atoms with E-state index >= 15 is 0 Å². The van der Waals surface area contributed by atoms with E-state index in [1.54, 1.807) is 6.92 Å². The van der Waals surface area contributed by atoms with Gasteiger partial charge in [-0.1, -0.05) is 6.92 Å². The average molecular weight is 229 g/mol. The van der Waals surface area contributed by atoms with Crippen molar-refractivity contribution in [1.29, 1.82) is 0 Å². The molecule has 0 aliphatic carbocycles. The highest BCUT2D eigenvalue weighted by molar-refractivity contribution is 5.84. The third kappa shape index (κ3) is 2.53. The highest BCUT2D eigenvalue weighted by Gasteiger charge is 2.27. The van der Waals surface area contributed by atoms with Crippen LogP contribution in [0.5, 0.6) is 0 Å². The number of carboxylic acid groups (broad SMARTS) is 1. The first-order chi connectivity index (χ1) is 7.56. The summed E-state index contributed by atoms with van der Waals surface area (Å²) in [6.07, 6.45) is 0.475. The van der Waals surface area contributed by atoms with Crippen LogP contribution < -0.4 is 5.32 Å². The Hall–Kier alpha value is -1.53. The zero-order valence-corrected chi connectivity index (χ0v) is 8.93. The van der Waals surface area contributed by atoms with Crippen molar-refractivity contribution >= 4 is 11.9 Å². The second-order valence-electron chi connectivity index (χ2n) is 3.54. The highest BCUT2D eigenvalue weighted by atomic mass is 16.4. The minimum atomic E-state index is -1.16. The molecule has 0 spiro atoms. The molecule has 1 aromatic heterocycles. The Morgan fingerprint density at radius 2 is 2.06 bits per heavy atom. The van der Waals surface area contributed by atoms with Crippen LogP contribution in [0.3, 0.4) is 0 Å². The Morgan fingerprint density at radius 1 is 1.44 bits per heavy atom. The van der Waals surface area contributed by atoms with Crippen LogP contribution in [0.15, 0.2) is 16.5 Å². The topological polar surface area (TPSA) is 103 Å². The molecule has 16 heavy (non-hydrogen) atoms. The molecule has 0 fully saturated rings. The normalized spacial score (nSPS) is 11.4. The summed E-state index contributed by atoms with van der Waals surface area (Å²) in [5, 5.41) is 29.8. The predicted octanol–water partition coefficient (Wildman–Crippen LogP) is 0.523. The van der Waals surface area contributed by atoms with Crippen molar-refractivity contribution in [3.8, 4) is 0 Å². The van der Waals surface area contributed by atoms with Gasteiger partial charge < -0.3 is 25.1 Å². The van der Waals surface area contributed by atoms with Crippen molar-refractivity contribution in [2.75, 3.05) is 18.5 Å². The number of rotatable bonds is 6. The lowest BCUT2D eigenvalue weighted by molar-refractivity contribution is 0.0663. The summed E-state index contributed by atoms with van der Waals surface area (Å²) < 4.78 is 4.97. The monoisotopic (exact) mass is 229 g/mol. The lowest BCUT2D eigenvalue weighted by Gasteiger charge is -2.29. The molecule has 0 aromatic carbocycles. The van der Waals surface area contributed by atoms with Gasteiger partial charge in [0, 0.05) is 6.07 Å². The number of aliphatic hydroxyl groups is 2. The minimum Gasteiger partial charge on any atom is -0.475 e. The molecule has 90 valence electrons. The number of carboxylic acids is 1. The van der Waals surface area contributed by atoms with E-state index in [-0.39, 0.29) is 24.9 Å². The van der Waals surface area contributed by atoms with Crippen LogP contribution >= 0.6 is 0 Å². The van der Waals surface area contributed by atoms with E-state index in [1.165, 1.54) is 12.1 Å². The Bertz CT molecular complexity index is 348. The van der Waals surface area contributed by atoms with Gasteiger partial charge in [0.2, 0.25) is 5.76 Å². The second kappa shape index (κ2) is 5.00. The first kappa shape index (κ1) is 12.5. The van der Waals surface area contributed by atoms with Crippen LogP contribution in [0.2, 0.25) is 0 Å². The molecule has 1 heterocycles. The van der Waals surface area contributed by atoms with E-state index in [4.69, 9.17) is 9.52 Å². The lowest BCUT2D eigenvalue weighted by Crippen LogP contribution is -2.45. The summed E-state index contributed by atoms with van der Waals surface area (Å²) in [5.74, 6) is -1.14. The van der Waals surface area contributed by atoms with Gasteiger partial charge in [0.25, 0.3) is 0 Å². The van der Waals surface area contributed by atoms with Crippen LogP contribution in [0, 0.1) is 0 Å². The standard InChI is InChI=1S/C10H15NO5/c1-2-10(5-12,6-13)11-8-4-3-7(16-8)9(14)15/h3-4,11-13H,2,5-6H2,1H3,(H,14,15). The Balaban J connectivity index is 2.81. The average Bonchev–Trinajstić information content (AvgIpc) is 2.74. The molecule has 0 radical (unpaired) electrons. The number of aromatic carboxylic acids is 1. The van der Waals surface area contributed by atoms with Crippen molar-refractivity contribution in [2.24, 2.45) is 0 Å². The zero-order chi connectivity index (χ0) is 12.2. The van der Waals surface area contributed by atoms with Gasteiger partial charge in [-0.05, 0) is 12.5 Å². The van der Waals surface area contributed by atoms with Crippen molar-refractivity contribution in [3.63, 3.8) is 0 Å². The fourth-order valence-corrected chi connectivity index (χ4v) is 1.22. The molecular formula is C10H15NO5. The maximum Gasteiger partial charge on any atom is 0.371 e. The van der Waals surface area contributed by atoms with Crippen molar-refractivity contribution < 1.29 is 24.5 Å². The molecule has 0 saturated heterocycles. The lowest BCUT2D eigenvalue weighted by atomic mass is 9.99. The predicted molar refractivity (Wildman–Crippen MR) is 56.5 cm³/mol. The summed E-state index contributed by atoms with van der Waals surface area (Å²) >= 11 is 0. The second-order valence-corrected chi connectivity index (χ2v) is 3.54. The van der Waals surface area contributed by atoms with Gasteiger partial charge in [-0.3, -0.25) is 0 Å². The van der Waals surface area contributed by atoms with Gasteiger partial charge in [-0.2, -0.15) is 0 Å². The van der Waals surface area contributed by atoms with Crippen LogP contribution in [0.4, 0.5) is 5.88 Å². The Kier molecular flexibility index (Phi) is 3.92. The molecule has 0 saturated carbocycles. The third-order valence-corrected chi connectivity index (χ3v) is 2.49. The molecule has 0 aliphatic rings. The molecule has 0 atom stereocenters. The third-order valence-electron chi connectivity index (χ3n) is 2.49. The zero-order valence-electron chi connectivity index (χ0n) is 8.93. The molecule has 6 nitrogen and oxygen atoms in total. The van der Waals surface area contributed by atoms with Gasteiger partial charge in [0.1, 0.15) is 0 Å². The van der Waals surface area contributed by atoms with Gasteiger partial charge in [0.15, 0.2) is 5.88 Å². The molecule has 0 aliphatic heterocycles. The Morgan fingerprint density at radius 3 is 2.44 bits per heavy atom. The SMILES string of the molecule is CCC(CO)(CO)Nc1ccc(C(=O)O)o1. The number of nitrogens with one attached hydrogen (secondary N) is 1. The van der Waals surface area contributed by atoms with E-state index in [2.05, 4.69) is 5.32 Å². The highest BCUT2D eigenvalue weighted by Crippen LogP contribution is 2.20. The van der Waals surface area contributed by atoms with E-state index in [0.29, 0.717) is 6.42 Å². The van der Waals surface area contributed by atoms with E-state index < -0.39 is 11.5 Å². The number of hydrogen-bond acceptors (Lipinski definition) is 5. The molecular weight excluding hydrogens is 214 g/mol. The fraction of sp³-hybridized carbons (Fsp3) is 0.500. The van der Waals surface area contributed by atoms with Gasteiger partial charge in [-0.15, -0.1) is 0 Å². The smallest absolute Gasteiger partial charge is 0.371 e. The van der Waals surface area contributed by atoms with E-state index in [9.17, 15) is 15.0 Å².